The molecule has 0 aliphatic carbocycles. The average molecular weight is 578 g/mol. The number of carbonyl (C=O) groups excluding carboxylic acids is 1. The molecule has 2 aliphatic heterocycles. The lowest BCUT2D eigenvalue weighted by molar-refractivity contribution is -0.145. The average Bonchev–Trinajstić information content (AvgIpc) is 2.97. The van der Waals surface area contributed by atoms with E-state index in [1.165, 1.54) is 0 Å². The molecule has 5 rings (SSSR count). The van der Waals surface area contributed by atoms with Gasteiger partial charge in [-0.15, -0.1) is 0 Å². The first-order valence-electron chi connectivity index (χ1n) is 13.7. The third kappa shape index (κ3) is 6.72. The van der Waals surface area contributed by atoms with Crippen molar-refractivity contribution in [2.24, 2.45) is 0 Å². The standard InChI is InChI=1S/C28H32F5N7O/c1-2-38-12-14-40(15-13-38)24-7-6-20-21(4-3-5-22(20)37-24)25(41)34-18-23(39-10-8-27(29,30)9-11-39)19-16-35-26(36-17-19)28(31,32)33/h3-7,16-17,23H,2,8-15,18H2,1H3,(H,34,41). The van der Waals surface area contributed by atoms with E-state index in [2.05, 4.69) is 32.0 Å². The van der Waals surface area contributed by atoms with Crippen LogP contribution in [0.2, 0.25) is 0 Å². The molecule has 0 saturated carbocycles. The maximum Gasteiger partial charge on any atom is 0.451 e. The zero-order valence-electron chi connectivity index (χ0n) is 22.7. The van der Waals surface area contributed by atoms with Crippen molar-refractivity contribution < 1.29 is 26.7 Å². The molecule has 1 amide bonds. The van der Waals surface area contributed by atoms with E-state index in [-0.39, 0.29) is 32.5 Å². The van der Waals surface area contributed by atoms with E-state index < -0.39 is 29.9 Å². The fourth-order valence-electron chi connectivity index (χ4n) is 5.37. The number of hydrogen-bond donors (Lipinski definition) is 1. The first-order chi connectivity index (χ1) is 19.5. The summed E-state index contributed by atoms with van der Waals surface area (Å²) in [5.74, 6) is -3.65. The minimum Gasteiger partial charge on any atom is -0.354 e. The van der Waals surface area contributed by atoms with Crippen molar-refractivity contribution in [3.05, 3.63) is 59.7 Å². The maximum absolute atomic E-state index is 13.8. The highest BCUT2D eigenvalue weighted by molar-refractivity contribution is 6.06. The summed E-state index contributed by atoms with van der Waals surface area (Å²) in [7, 11) is 0. The van der Waals surface area contributed by atoms with Gasteiger partial charge in [0.15, 0.2) is 0 Å². The van der Waals surface area contributed by atoms with Gasteiger partial charge >= 0.3 is 6.18 Å². The molecule has 41 heavy (non-hydrogen) atoms. The third-order valence-electron chi connectivity index (χ3n) is 7.84. The van der Waals surface area contributed by atoms with E-state index in [1.807, 2.05) is 18.2 Å². The molecule has 2 fully saturated rings. The van der Waals surface area contributed by atoms with Crippen LogP contribution in [-0.2, 0) is 6.18 Å². The van der Waals surface area contributed by atoms with E-state index in [0.29, 0.717) is 22.0 Å². The number of benzene rings is 1. The van der Waals surface area contributed by atoms with Crippen molar-refractivity contribution in [2.45, 2.75) is 37.9 Å². The van der Waals surface area contributed by atoms with Crippen LogP contribution in [0.3, 0.4) is 0 Å². The Morgan fingerprint density at radius 3 is 2.32 bits per heavy atom. The number of piperidine rings is 1. The Hall–Kier alpha value is -3.45. The first kappa shape index (κ1) is 29.1. The Labute approximate surface area is 234 Å². The van der Waals surface area contributed by atoms with E-state index >= 15 is 0 Å². The van der Waals surface area contributed by atoms with Crippen molar-refractivity contribution in [1.29, 1.82) is 0 Å². The molecule has 2 aliphatic rings. The molecule has 1 aromatic carbocycles. The Balaban J connectivity index is 1.33. The molecule has 8 nitrogen and oxygen atoms in total. The first-order valence-corrected chi connectivity index (χ1v) is 13.7. The molecule has 2 saturated heterocycles. The second-order valence-electron chi connectivity index (χ2n) is 10.4. The van der Waals surface area contributed by atoms with Crippen LogP contribution in [0.4, 0.5) is 27.8 Å². The number of halogens is 5. The highest BCUT2D eigenvalue weighted by atomic mass is 19.4. The van der Waals surface area contributed by atoms with Gasteiger partial charge in [0.1, 0.15) is 5.82 Å². The summed E-state index contributed by atoms with van der Waals surface area (Å²) in [6.45, 7) is 6.80. The summed E-state index contributed by atoms with van der Waals surface area (Å²) in [5, 5.41) is 3.51. The van der Waals surface area contributed by atoms with Crippen molar-refractivity contribution in [3.8, 4) is 0 Å². The second kappa shape index (κ2) is 11.8. The fraction of sp³-hybridized carbons (Fsp3) is 0.500. The number of anilines is 1. The molecule has 1 N–H and O–H groups in total. The van der Waals surface area contributed by atoms with Gasteiger partial charge in [0.25, 0.3) is 11.8 Å². The van der Waals surface area contributed by atoms with Gasteiger partial charge in [-0.25, -0.2) is 23.7 Å². The van der Waals surface area contributed by atoms with Gasteiger partial charge in [0, 0.05) is 87.6 Å². The lowest BCUT2D eigenvalue weighted by Gasteiger charge is -2.37. The summed E-state index contributed by atoms with van der Waals surface area (Å²) < 4.78 is 66.7. The SMILES string of the molecule is CCN1CCN(c2ccc3c(C(=O)NCC(c4cnc(C(F)(F)F)nc4)N4CCC(F)(F)CC4)cccc3n2)CC1. The number of likely N-dealkylation sites (tertiary alicyclic amines) is 1. The summed E-state index contributed by atoms with van der Waals surface area (Å²) in [6.07, 6.45) is -3.39. The molecular weight excluding hydrogens is 545 g/mol. The van der Waals surface area contributed by atoms with Crippen molar-refractivity contribution in [2.75, 3.05) is 57.3 Å². The maximum atomic E-state index is 13.8. The highest BCUT2D eigenvalue weighted by Gasteiger charge is 2.38. The lowest BCUT2D eigenvalue weighted by Crippen LogP contribution is -2.46. The van der Waals surface area contributed by atoms with Crippen LogP contribution in [0, 0.1) is 0 Å². The van der Waals surface area contributed by atoms with Crippen LogP contribution in [0.1, 0.15) is 47.6 Å². The highest BCUT2D eigenvalue weighted by Crippen LogP contribution is 2.33. The number of nitrogens with zero attached hydrogens (tertiary/aromatic N) is 6. The van der Waals surface area contributed by atoms with Crippen LogP contribution < -0.4 is 10.2 Å². The predicted molar refractivity (Wildman–Crippen MR) is 144 cm³/mol. The van der Waals surface area contributed by atoms with Crippen LogP contribution in [-0.4, -0.2) is 88.9 Å². The number of likely N-dealkylation sites (N-methyl/N-ethyl adjacent to an activating group) is 1. The van der Waals surface area contributed by atoms with Gasteiger partial charge in [-0.1, -0.05) is 13.0 Å². The van der Waals surface area contributed by atoms with E-state index in [0.717, 1.165) is 50.9 Å². The Morgan fingerprint density at radius 1 is 1.00 bits per heavy atom. The Kier molecular flexibility index (Phi) is 8.37. The second-order valence-corrected chi connectivity index (χ2v) is 10.4. The number of nitrogens with one attached hydrogen (secondary N) is 1. The summed E-state index contributed by atoms with van der Waals surface area (Å²) in [4.78, 5) is 31.3. The molecule has 4 heterocycles. The number of carbonyl (C=O) groups is 1. The summed E-state index contributed by atoms with van der Waals surface area (Å²) in [6, 6.07) is 8.35. The Bertz CT molecular complexity index is 1350. The van der Waals surface area contributed by atoms with Crippen molar-refractivity contribution >= 4 is 22.6 Å². The third-order valence-corrected chi connectivity index (χ3v) is 7.84. The smallest absolute Gasteiger partial charge is 0.354 e. The zero-order chi connectivity index (χ0) is 29.2. The van der Waals surface area contributed by atoms with Gasteiger partial charge in [0.05, 0.1) is 11.6 Å². The van der Waals surface area contributed by atoms with Gasteiger partial charge in [-0.05, 0) is 30.8 Å². The number of piperazine rings is 1. The van der Waals surface area contributed by atoms with Crippen molar-refractivity contribution in [3.63, 3.8) is 0 Å². The molecule has 0 spiro atoms. The fourth-order valence-corrected chi connectivity index (χ4v) is 5.37. The van der Waals surface area contributed by atoms with Crippen LogP contribution in [0.15, 0.2) is 42.7 Å². The monoisotopic (exact) mass is 577 g/mol. The molecule has 0 radical (unpaired) electrons. The van der Waals surface area contributed by atoms with E-state index in [1.54, 1.807) is 17.0 Å². The molecule has 1 unspecified atom stereocenters. The van der Waals surface area contributed by atoms with Crippen LogP contribution in [0.25, 0.3) is 10.9 Å². The molecule has 0 bridgehead atoms. The number of hydrogen-bond acceptors (Lipinski definition) is 7. The topological polar surface area (TPSA) is 77.5 Å². The molecule has 2 aromatic heterocycles. The predicted octanol–water partition coefficient (Wildman–Crippen LogP) is 4.39. The number of rotatable bonds is 7. The number of aromatic nitrogens is 3. The van der Waals surface area contributed by atoms with E-state index in [9.17, 15) is 26.7 Å². The minimum absolute atomic E-state index is 0.0159. The molecule has 13 heteroatoms. The minimum atomic E-state index is -4.71. The van der Waals surface area contributed by atoms with Crippen LogP contribution in [0.5, 0.6) is 0 Å². The number of amides is 1. The number of fused-ring (bicyclic) bond motifs is 1. The summed E-state index contributed by atoms with van der Waals surface area (Å²) >= 11 is 0. The van der Waals surface area contributed by atoms with Gasteiger partial charge in [-0.3, -0.25) is 9.69 Å². The molecule has 1 atom stereocenters. The number of pyridine rings is 1. The zero-order valence-corrected chi connectivity index (χ0v) is 22.7. The quantitative estimate of drug-likeness (QED) is 0.418. The molecule has 3 aromatic rings. The molecule has 220 valence electrons. The van der Waals surface area contributed by atoms with E-state index in [4.69, 9.17) is 4.98 Å². The van der Waals surface area contributed by atoms with Gasteiger partial charge in [-0.2, -0.15) is 13.2 Å². The van der Waals surface area contributed by atoms with Gasteiger partial charge in [0.2, 0.25) is 5.82 Å². The number of alkyl halides is 5. The largest absolute Gasteiger partial charge is 0.451 e. The summed E-state index contributed by atoms with van der Waals surface area (Å²) in [5.41, 5.74) is 1.36. The molecular formula is C28H32F5N7O. The Morgan fingerprint density at radius 2 is 1.68 bits per heavy atom. The lowest BCUT2D eigenvalue weighted by atomic mass is 10.0. The van der Waals surface area contributed by atoms with Crippen molar-refractivity contribution in [1.82, 2.24) is 30.1 Å². The van der Waals surface area contributed by atoms with Crippen LogP contribution >= 0.6 is 0 Å². The normalized spacial score (nSPS) is 19.3. The van der Waals surface area contributed by atoms with Gasteiger partial charge < -0.3 is 15.1 Å².